The highest BCUT2D eigenvalue weighted by molar-refractivity contribution is 7.40. The van der Waals surface area contributed by atoms with Crippen molar-refractivity contribution in [3.8, 4) is 0 Å². The number of hydrogen-bond acceptors (Lipinski definition) is 5. The molecule has 0 aliphatic rings. The Morgan fingerprint density at radius 3 is 2.79 bits per heavy atom. The Hall–Kier alpha value is -1.62. The van der Waals surface area contributed by atoms with Crippen LogP contribution < -0.4 is 10.7 Å². The van der Waals surface area contributed by atoms with Crippen molar-refractivity contribution in [2.45, 2.75) is 13.0 Å². The lowest BCUT2D eigenvalue weighted by Gasteiger charge is -2.09. The van der Waals surface area contributed by atoms with Crippen molar-refractivity contribution < 1.29 is 19.0 Å². The van der Waals surface area contributed by atoms with Gasteiger partial charge in [-0.2, -0.15) is 9.89 Å². The molecular formula is C6H8N3O4P. The lowest BCUT2D eigenvalue weighted by molar-refractivity contribution is -0.137. The van der Waals surface area contributed by atoms with Crippen LogP contribution in [0.1, 0.15) is 6.92 Å². The topological polar surface area (TPSA) is 101 Å². The van der Waals surface area contributed by atoms with Gasteiger partial charge in [-0.1, -0.05) is 0 Å². The summed E-state index contributed by atoms with van der Waals surface area (Å²) in [4.78, 5) is 11.5. The van der Waals surface area contributed by atoms with Gasteiger partial charge in [-0.25, -0.2) is 13.9 Å². The molecule has 0 amide bonds. The number of carboxylic acids is 1. The largest absolute Gasteiger partial charge is 0.480 e. The number of nitrogens with one attached hydrogen (secondary N) is 1. The number of nitrogens with zero attached hydrogens (tertiary/aromatic N) is 2. The zero-order valence-electron chi connectivity index (χ0n) is 7.25. The van der Waals surface area contributed by atoms with Crippen molar-refractivity contribution in [1.29, 1.82) is 0 Å². The van der Waals surface area contributed by atoms with Crippen LogP contribution in [0.15, 0.2) is 12.4 Å². The first kappa shape index (κ1) is 10.5. The fourth-order valence-electron chi connectivity index (χ4n) is 0.732. The Morgan fingerprint density at radius 2 is 2.36 bits per heavy atom. The molecule has 2 N–H and O–H groups in total. The molecule has 8 heteroatoms. The zero-order valence-corrected chi connectivity index (χ0v) is 8.14. The average molecular weight is 217 g/mol. The third-order valence-electron chi connectivity index (χ3n) is 1.48. The molecule has 7 nitrogen and oxygen atoms in total. The number of aromatic nitrogens is 2. The van der Waals surface area contributed by atoms with Crippen LogP contribution in [0.4, 0.5) is 0 Å². The number of hydrogen-bond donors (Lipinski definition) is 2. The van der Waals surface area contributed by atoms with Gasteiger partial charge in [-0.15, -0.1) is 0 Å². The molecule has 0 radical (unpaired) electrons. The summed E-state index contributed by atoms with van der Waals surface area (Å²) in [5.41, 5.74) is 2.46. The maximum Gasteiger partial charge on any atom is 0.352 e. The minimum absolute atomic E-state index is 0.0325. The SMILES string of the molecule is CC(Nn1cc(P(=O)=O)cn1)C(=O)O. The van der Waals surface area contributed by atoms with E-state index in [4.69, 9.17) is 5.11 Å². The molecule has 14 heavy (non-hydrogen) atoms. The van der Waals surface area contributed by atoms with Crippen LogP contribution >= 0.6 is 7.68 Å². The molecule has 0 aromatic carbocycles. The van der Waals surface area contributed by atoms with Gasteiger partial charge in [-0.05, 0) is 6.92 Å². The van der Waals surface area contributed by atoms with Crippen LogP contribution in [0, 0.1) is 0 Å². The summed E-state index contributed by atoms with van der Waals surface area (Å²) in [6.45, 7) is 1.42. The summed E-state index contributed by atoms with van der Waals surface area (Å²) in [7, 11) is -2.69. The van der Waals surface area contributed by atoms with E-state index >= 15 is 0 Å². The lowest BCUT2D eigenvalue weighted by atomic mass is 10.4. The van der Waals surface area contributed by atoms with E-state index < -0.39 is 19.7 Å². The highest BCUT2D eigenvalue weighted by Crippen LogP contribution is 2.01. The van der Waals surface area contributed by atoms with E-state index in [-0.39, 0.29) is 5.30 Å². The first-order valence-electron chi connectivity index (χ1n) is 3.69. The fraction of sp³-hybridized carbons (Fsp3) is 0.333. The molecule has 0 saturated heterocycles. The van der Waals surface area contributed by atoms with E-state index in [0.29, 0.717) is 0 Å². The third-order valence-corrected chi connectivity index (χ3v) is 2.13. The van der Waals surface area contributed by atoms with Gasteiger partial charge in [0.1, 0.15) is 11.3 Å². The van der Waals surface area contributed by atoms with Crippen LogP contribution in [0.25, 0.3) is 0 Å². The second-order valence-corrected chi connectivity index (χ2v) is 3.62. The molecular weight excluding hydrogens is 209 g/mol. The number of carboxylic acid groups (broad SMARTS) is 1. The molecule has 1 heterocycles. The fourth-order valence-corrected chi connectivity index (χ4v) is 1.08. The third kappa shape index (κ3) is 2.43. The second-order valence-electron chi connectivity index (χ2n) is 2.59. The van der Waals surface area contributed by atoms with Crippen LogP contribution in [0.3, 0.4) is 0 Å². The molecule has 1 unspecified atom stereocenters. The summed E-state index contributed by atoms with van der Waals surface area (Å²) in [5.74, 6) is -1.05. The van der Waals surface area contributed by atoms with E-state index in [1.165, 1.54) is 13.1 Å². The minimum Gasteiger partial charge on any atom is -0.480 e. The highest BCUT2D eigenvalue weighted by Gasteiger charge is 2.11. The Labute approximate surface area is 79.5 Å². The zero-order chi connectivity index (χ0) is 10.7. The molecule has 0 aliphatic heterocycles. The average Bonchev–Trinajstić information content (AvgIpc) is 2.52. The van der Waals surface area contributed by atoms with E-state index in [1.807, 2.05) is 0 Å². The molecule has 76 valence electrons. The van der Waals surface area contributed by atoms with Gasteiger partial charge in [-0.3, -0.25) is 5.43 Å². The van der Waals surface area contributed by atoms with Crippen LogP contribution in [0.5, 0.6) is 0 Å². The van der Waals surface area contributed by atoms with E-state index in [1.54, 1.807) is 0 Å². The Morgan fingerprint density at radius 1 is 1.71 bits per heavy atom. The van der Waals surface area contributed by atoms with E-state index in [0.717, 1.165) is 11.0 Å². The molecule has 1 aromatic heterocycles. The summed E-state index contributed by atoms with van der Waals surface area (Å²) in [6, 6.07) is -0.840. The molecule has 0 spiro atoms. The first-order chi connectivity index (χ1) is 6.50. The standard InChI is InChI=1S/C6H8N3O4P/c1-4(6(10)11)8-9-3-5(2-7-9)14(12)13/h2-4,8H,1H3,(H,10,11). The minimum atomic E-state index is -2.69. The van der Waals surface area contributed by atoms with Gasteiger partial charge in [0, 0.05) is 0 Å². The summed E-state index contributed by atoms with van der Waals surface area (Å²) < 4.78 is 20.9. The molecule has 1 rings (SSSR count). The van der Waals surface area contributed by atoms with E-state index in [2.05, 4.69) is 10.5 Å². The van der Waals surface area contributed by atoms with Crippen molar-refractivity contribution in [1.82, 2.24) is 9.89 Å². The Bertz CT molecular complexity index is 403. The number of rotatable bonds is 4. The van der Waals surface area contributed by atoms with Crippen molar-refractivity contribution in [3.63, 3.8) is 0 Å². The monoisotopic (exact) mass is 217 g/mol. The second kappa shape index (κ2) is 4.06. The molecule has 1 aromatic rings. The summed E-state index contributed by atoms with van der Waals surface area (Å²) in [5, 5.41) is 12.2. The van der Waals surface area contributed by atoms with Crippen molar-refractivity contribution in [2.24, 2.45) is 0 Å². The number of carbonyl (C=O) groups is 1. The molecule has 0 fully saturated rings. The van der Waals surface area contributed by atoms with Crippen molar-refractivity contribution in [3.05, 3.63) is 12.4 Å². The van der Waals surface area contributed by atoms with Crippen LogP contribution in [0.2, 0.25) is 0 Å². The van der Waals surface area contributed by atoms with Crippen molar-refractivity contribution >= 4 is 19.0 Å². The predicted molar refractivity (Wildman–Crippen MR) is 46.6 cm³/mol. The van der Waals surface area contributed by atoms with Crippen molar-refractivity contribution in [2.75, 3.05) is 5.43 Å². The van der Waals surface area contributed by atoms with Crippen LogP contribution in [-0.4, -0.2) is 27.0 Å². The maximum atomic E-state index is 10.5. The highest BCUT2D eigenvalue weighted by atomic mass is 31.1. The van der Waals surface area contributed by atoms with E-state index in [9.17, 15) is 13.9 Å². The molecule has 0 saturated carbocycles. The Balaban J connectivity index is 2.73. The van der Waals surface area contributed by atoms with Gasteiger partial charge in [0.2, 0.25) is 0 Å². The van der Waals surface area contributed by atoms with Gasteiger partial charge >= 0.3 is 13.6 Å². The summed E-state index contributed by atoms with van der Waals surface area (Å²) in [6.07, 6.45) is 2.33. The van der Waals surface area contributed by atoms with Gasteiger partial charge in [0.05, 0.1) is 12.4 Å². The van der Waals surface area contributed by atoms with Gasteiger partial charge in [0.15, 0.2) is 0 Å². The summed E-state index contributed by atoms with van der Waals surface area (Å²) >= 11 is 0. The maximum absolute atomic E-state index is 10.5. The number of aliphatic carboxylic acids is 1. The van der Waals surface area contributed by atoms with Crippen LogP contribution in [-0.2, 0) is 13.9 Å². The predicted octanol–water partition coefficient (Wildman–Crippen LogP) is -0.302. The first-order valence-corrected chi connectivity index (χ1v) is 4.87. The quantitative estimate of drug-likeness (QED) is 0.671. The Kier molecular flexibility index (Phi) is 3.03. The molecule has 0 bridgehead atoms. The molecule has 1 atom stereocenters. The van der Waals surface area contributed by atoms with Gasteiger partial charge < -0.3 is 5.11 Å². The van der Waals surface area contributed by atoms with Gasteiger partial charge in [0.25, 0.3) is 0 Å². The lowest BCUT2D eigenvalue weighted by Crippen LogP contribution is -2.32. The normalized spacial score (nSPS) is 12.1. The smallest absolute Gasteiger partial charge is 0.352 e. The molecule has 0 aliphatic carbocycles.